The third-order valence-corrected chi connectivity index (χ3v) is 5.18. The summed E-state index contributed by atoms with van der Waals surface area (Å²) in [5.41, 5.74) is 0.474. The fraction of sp³-hybridized carbons (Fsp3) is 0.320. The molecule has 186 valence electrons. The molecule has 2 aromatic carbocycles. The van der Waals surface area contributed by atoms with E-state index in [9.17, 15) is 14.0 Å². The topological polar surface area (TPSA) is 94.9 Å². The maximum atomic E-state index is 12.9. The number of carbonyl (C=O) groups is 2. The van der Waals surface area contributed by atoms with Gasteiger partial charge in [-0.3, -0.25) is 14.3 Å². The Morgan fingerprint density at radius 2 is 1.63 bits per heavy atom. The van der Waals surface area contributed by atoms with Crippen LogP contribution in [-0.4, -0.2) is 60.4 Å². The molecule has 0 aliphatic rings. The number of nitrogens with zero attached hydrogens (tertiary/aromatic N) is 3. The van der Waals surface area contributed by atoms with Gasteiger partial charge in [0.15, 0.2) is 0 Å². The van der Waals surface area contributed by atoms with Gasteiger partial charge in [-0.2, -0.15) is 5.10 Å². The second-order valence-corrected chi connectivity index (χ2v) is 7.77. The Balaban J connectivity index is 1.41. The maximum Gasteiger partial charge on any atom is 0.247 e. The Hall–Kier alpha value is -4.08. The van der Waals surface area contributed by atoms with Crippen LogP contribution in [0.4, 0.5) is 10.1 Å². The van der Waals surface area contributed by atoms with Crippen molar-refractivity contribution in [1.29, 1.82) is 0 Å². The lowest BCUT2D eigenvalue weighted by atomic mass is 10.3. The van der Waals surface area contributed by atoms with Crippen molar-refractivity contribution >= 4 is 17.5 Å². The quantitative estimate of drug-likeness (QED) is 0.423. The molecule has 1 N–H and O–H groups in total. The van der Waals surface area contributed by atoms with E-state index in [1.807, 2.05) is 0 Å². The Labute approximate surface area is 203 Å². The van der Waals surface area contributed by atoms with Gasteiger partial charge < -0.3 is 24.4 Å². The summed E-state index contributed by atoms with van der Waals surface area (Å²) in [5, 5.41) is 6.92. The Morgan fingerprint density at radius 1 is 1.03 bits per heavy atom. The zero-order valence-corrected chi connectivity index (χ0v) is 19.9. The van der Waals surface area contributed by atoms with Crippen molar-refractivity contribution in [2.24, 2.45) is 0 Å². The van der Waals surface area contributed by atoms with E-state index >= 15 is 0 Å². The number of nitrogens with one attached hydrogen (secondary N) is 1. The molecule has 0 aliphatic heterocycles. The lowest BCUT2D eigenvalue weighted by Crippen LogP contribution is -2.36. The molecular formula is C25H29FN4O5. The lowest BCUT2D eigenvalue weighted by molar-refractivity contribution is -0.133. The normalized spacial score (nSPS) is 11.4. The van der Waals surface area contributed by atoms with Crippen LogP contribution in [0, 0.1) is 5.82 Å². The number of methoxy groups -OCH3 is 1. The highest BCUT2D eigenvalue weighted by Crippen LogP contribution is 2.17. The summed E-state index contributed by atoms with van der Waals surface area (Å²) < 4.78 is 30.6. The van der Waals surface area contributed by atoms with Gasteiger partial charge in [0.25, 0.3) is 0 Å². The molecule has 1 heterocycles. The van der Waals surface area contributed by atoms with Crippen molar-refractivity contribution in [3.63, 3.8) is 0 Å². The predicted octanol–water partition coefficient (Wildman–Crippen LogP) is 3.54. The van der Waals surface area contributed by atoms with Crippen LogP contribution in [0.5, 0.6) is 17.2 Å². The first-order valence-electron chi connectivity index (χ1n) is 11.1. The highest BCUT2D eigenvalue weighted by Gasteiger charge is 2.20. The number of carbonyl (C=O) groups excluding carboxylic acids is 2. The van der Waals surface area contributed by atoms with Crippen molar-refractivity contribution in [3.05, 3.63) is 66.7 Å². The van der Waals surface area contributed by atoms with Gasteiger partial charge >= 0.3 is 0 Å². The second-order valence-electron chi connectivity index (χ2n) is 7.77. The molecule has 0 saturated carbocycles. The van der Waals surface area contributed by atoms with Crippen molar-refractivity contribution < 1.29 is 28.2 Å². The van der Waals surface area contributed by atoms with E-state index in [0.29, 0.717) is 30.3 Å². The van der Waals surface area contributed by atoms with Crippen molar-refractivity contribution in [2.45, 2.75) is 19.4 Å². The monoisotopic (exact) mass is 484 g/mol. The second kappa shape index (κ2) is 12.4. The molecule has 1 unspecified atom stereocenters. The van der Waals surface area contributed by atoms with Crippen LogP contribution >= 0.6 is 0 Å². The minimum atomic E-state index is -0.562. The SMILES string of the molecule is COc1ccc(OCCN(C)C(=O)C(C)n2cc(NC(=O)CCOc3ccc(F)cc3)cn2)cc1. The highest BCUT2D eigenvalue weighted by molar-refractivity contribution is 5.90. The summed E-state index contributed by atoms with van der Waals surface area (Å²) in [5.74, 6) is 1.16. The van der Waals surface area contributed by atoms with E-state index < -0.39 is 6.04 Å². The molecule has 3 rings (SSSR count). The zero-order valence-electron chi connectivity index (χ0n) is 19.9. The van der Waals surface area contributed by atoms with Crippen LogP contribution in [0.25, 0.3) is 0 Å². The zero-order chi connectivity index (χ0) is 25.2. The fourth-order valence-corrected chi connectivity index (χ4v) is 3.14. The third kappa shape index (κ3) is 7.73. The van der Waals surface area contributed by atoms with Crippen LogP contribution < -0.4 is 19.5 Å². The van der Waals surface area contributed by atoms with Gasteiger partial charge in [0.2, 0.25) is 11.8 Å². The van der Waals surface area contributed by atoms with Gasteiger partial charge in [0, 0.05) is 13.2 Å². The number of amides is 2. The smallest absolute Gasteiger partial charge is 0.247 e. The van der Waals surface area contributed by atoms with Gasteiger partial charge in [-0.25, -0.2) is 4.39 Å². The third-order valence-electron chi connectivity index (χ3n) is 5.18. The molecule has 0 aliphatic carbocycles. The molecule has 9 nitrogen and oxygen atoms in total. The summed E-state index contributed by atoms with van der Waals surface area (Å²) in [4.78, 5) is 26.5. The van der Waals surface area contributed by atoms with E-state index in [2.05, 4.69) is 10.4 Å². The largest absolute Gasteiger partial charge is 0.497 e. The van der Waals surface area contributed by atoms with E-state index in [0.717, 1.165) is 5.75 Å². The van der Waals surface area contributed by atoms with Gasteiger partial charge in [-0.05, 0) is 55.5 Å². The van der Waals surface area contributed by atoms with Gasteiger partial charge in [-0.15, -0.1) is 0 Å². The number of likely N-dealkylation sites (N-methyl/N-ethyl adjacent to an activating group) is 1. The highest BCUT2D eigenvalue weighted by atomic mass is 19.1. The lowest BCUT2D eigenvalue weighted by Gasteiger charge is -2.21. The van der Waals surface area contributed by atoms with Crippen LogP contribution in [0.1, 0.15) is 19.4 Å². The number of rotatable bonds is 12. The van der Waals surface area contributed by atoms with Gasteiger partial charge in [0.1, 0.15) is 35.7 Å². The molecule has 1 aromatic heterocycles. The molecule has 10 heteroatoms. The van der Waals surface area contributed by atoms with Crippen molar-refractivity contribution in [1.82, 2.24) is 14.7 Å². The average Bonchev–Trinajstić information content (AvgIpc) is 3.33. The summed E-state index contributed by atoms with van der Waals surface area (Å²) in [6.45, 7) is 2.61. The van der Waals surface area contributed by atoms with E-state index in [-0.39, 0.29) is 30.7 Å². The number of ether oxygens (including phenoxy) is 3. The van der Waals surface area contributed by atoms with Crippen LogP contribution in [0.3, 0.4) is 0 Å². The van der Waals surface area contributed by atoms with E-state index in [1.165, 1.54) is 35.1 Å². The first-order chi connectivity index (χ1) is 16.9. The number of halogens is 1. The summed E-state index contributed by atoms with van der Waals surface area (Å²) in [6, 6.07) is 12.2. The van der Waals surface area contributed by atoms with Gasteiger partial charge in [0.05, 0.1) is 38.6 Å². The molecule has 3 aromatic rings. The number of benzene rings is 2. The standard InChI is InChI=1S/C25H29FN4O5/c1-18(25(32)29(2)13-15-35-23-10-8-21(33-3)9-11-23)30-17-20(16-27-30)28-24(31)12-14-34-22-6-4-19(26)5-7-22/h4-11,16-18H,12-15H2,1-3H3,(H,28,31). The van der Waals surface area contributed by atoms with Crippen LogP contribution in [0.2, 0.25) is 0 Å². The molecule has 0 fully saturated rings. The number of hydrogen-bond acceptors (Lipinski definition) is 6. The minimum absolute atomic E-state index is 0.105. The number of aromatic nitrogens is 2. The average molecular weight is 485 g/mol. The van der Waals surface area contributed by atoms with Gasteiger partial charge in [-0.1, -0.05) is 0 Å². The number of anilines is 1. The summed E-state index contributed by atoms with van der Waals surface area (Å²) in [7, 11) is 3.30. The Morgan fingerprint density at radius 3 is 2.29 bits per heavy atom. The minimum Gasteiger partial charge on any atom is -0.497 e. The maximum absolute atomic E-state index is 12.9. The van der Waals surface area contributed by atoms with E-state index in [4.69, 9.17) is 14.2 Å². The Bertz CT molecular complexity index is 1100. The molecule has 0 bridgehead atoms. The first kappa shape index (κ1) is 25.5. The number of hydrogen-bond donors (Lipinski definition) is 1. The van der Waals surface area contributed by atoms with Crippen LogP contribution in [-0.2, 0) is 9.59 Å². The van der Waals surface area contributed by atoms with Crippen LogP contribution in [0.15, 0.2) is 60.9 Å². The molecule has 0 spiro atoms. The Kier molecular flexibility index (Phi) is 9.05. The summed E-state index contributed by atoms with van der Waals surface area (Å²) in [6.07, 6.45) is 3.19. The first-order valence-corrected chi connectivity index (χ1v) is 11.1. The molecule has 1 atom stereocenters. The van der Waals surface area contributed by atoms with Crippen molar-refractivity contribution in [3.8, 4) is 17.2 Å². The molecule has 2 amide bonds. The molecule has 0 radical (unpaired) electrons. The molecule has 0 saturated heterocycles. The van der Waals surface area contributed by atoms with E-state index in [1.54, 1.807) is 56.4 Å². The van der Waals surface area contributed by atoms with Crippen molar-refractivity contribution in [2.75, 3.05) is 39.2 Å². The molecule has 35 heavy (non-hydrogen) atoms. The predicted molar refractivity (Wildman–Crippen MR) is 128 cm³/mol. The summed E-state index contributed by atoms with van der Waals surface area (Å²) >= 11 is 0. The molecular weight excluding hydrogens is 455 g/mol. The fourth-order valence-electron chi connectivity index (χ4n) is 3.14.